The van der Waals surface area contributed by atoms with Crippen molar-refractivity contribution in [2.75, 3.05) is 13.2 Å². The Bertz CT molecular complexity index is 317. The van der Waals surface area contributed by atoms with E-state index in [1.807, 2.05) is 6.08 Å². The fourth-order valence-electron chi connectivity index (χ4n) is 2.00. The Labute approximate surface area is 110 Å². The van der Waals surface area contributed by atoms with Crippen LogP contribution in [0.1, 0.15) is 33.1 Å². The van der Waals surface area contributed by atoms with Gasteiger partial charge in [-0.15, -0.1) is 6.58 Å². The van der Waals surface area contributed by atoms with Crippen LogP contribution >= 0.6 is 7.82 Å². The van der Waals surface area contributed by atoms with Gasteiger partial charge in [0.05, 0.1) is 19.3 Å². The average molecular weight is 274 g/mol. The zero-order valence-electron chi connectivity index (χ0n) is 11.2. The van der Waals surface area contributed by atoms with E-state index >= 15 is 0 Å². The summed E-state index contributed by atoms with van der Waals surface area (Å²) in [5.41, 5.74) is 0. The van der Waals surface area contributed by atoms with Gasteiger partial charge in [-0.1, -0.05) is 18.2 Å². The van der Waals surface area contributed by atoms with Gasteiger partial charge in [-0.25, -0.2) is 4.57 Å². The standard InChI is InChI=1S/C13H23O4P/c1-4-9-12-10-7-8-11-13(12)17-18(14,15-5-2)16-6-3/h4,7,10,12-13H,1,5-6,8-9,11H2,2-3H3/t12-,13-/m1/s1. The van der Waals surface area contributed by atoms with Crippen molar-refractivity contribution in [3.05, 3.63) is 24.8 Å². The van der Waals surface area contributed by atoms with Crippen molar-refractivity contribution >= 4 is 7.82 Å². The van der Waals surface area contributed by atoms with E-state index in [1.165, 1.54) is 0 Å². The molecule has 0 spiro atoms. The highest BCUT2D eigenvalue weighted by atomic mass is 31.2. The molecule has 0 fully saturated rings. The molecular weight excluding hydrogens is 251 g/mol. The summed E-state index contributed by atoms with van der Waals surface area (Å²) in [7, 11) is -3.42. The predicted molar refractivity (Wildman–Crippen MR) is 72.4 cm³/mol. The quantitative estimate of drug-likeness (QED) is 0.494. The molecule has 1 rings (SSSR count). The monoisotopic (exact) mass is 274 g/mol. The third-order valence-electron chi connectivity index (χ3n) is 2.76. The largest absolute Gasteiger partial charge is 0.475 e. The van der Waals surface area contributed by atoms with Gasteiger partial charge in [-0.2, -0.15) is 0 Å². The topological polar surface area (TPSA) is 44.8 Å². The van der Waals surface area contributed by atoms with Gasteiger partial charge in [0, 0.05) is 5.92 Å². The second kappa shape index (κ2) is 7.90. The van der Waals surface area contributed by atoms with Gasteiger partial charge in [-0.3, -0.25) is 13.6 Å². The van der Waals surface area contributed by atoms with Crippen LogP contribution in [0.2, 0.25) is 0 Å². The predicted octanol–water partition coefficient (Wildman–Crippen LogP) is 4.10. The van der Waals surface area contributed by atoms with Gasteiger partial charge in [-0.05, 0) is 33.1 Å². The van der Waals surface area contributed by atoms with Crippen molar-refractivity contribution in [2.45, 2.75) is 39.2 Å². The van der Waals surface area contributed by atoms with E-state index in [-0.39, 0.29) is 12.0 Å². The lowest BCUT2D eigenvalue weighted by Crippen LogP contribution is -2.24. The molecule has 0 aromatic rings. The van der Waals surface area contributed by atoms with Crippen molar-refractivity contribution in [3.63, 3.8) is 0 Å². The summed E-state index contributed by atoms with van der Waals surface area (Å²) in [6, 6.07) is 0. The molecule has 0 aromatic carbocycles. The molecular formula is C13H23O4P. The van der Waals surface area contributed by atoms with Crippen LogP contribution < -0.4 is 0 Å². The molecule has 0 heterocycles. The van der Waals surface area contributed by atoms with Gasteiger partial charge in [0.25, 0.3) is 0 Å². The number of phosphoric acid groups is 1. The van der Waals surface area contributed by atoms with Crippen molar-refractivity contribution in [2.24, 2.45) is 5.92 Å². The Balaban J connectivity index is 2.69. The molecule has 0 radical (unpaired) electrons. The van der Waals surface area contributed by atoms with E-state index in [9.17, 15) is 4.57 Å². The fourth-order valence-corrected chi connectivity index (χ4v) is 3.43. The highest BCUT2D eigenvalue weighted by molar-refractivity contribution is 7.48. The van der Waals surface area contributed by atoms with Crippen LogP contribution in [0.5, 0.6) is 0 Å². The van der Waals surface area contributed by atoms with Crippen LogP contribution in [-0.2, 0) is 18.1 Å². The molecule has 0 saturated carbocycles. The third kappa shape index (κ3) is 4.69. The summed E-state index contributed by atoms with van der Waals surface area (Å²) >= 11 is 0. The summed E-state index contributed by atoms with van der Waals surface area (Å²) < 4.78 is 28.3. The van der Waals surface area contributed by atoms with Crippen LogP contribution in [0.25, 0.3) is 0 Å². The average Bonchev–Trinajstić information content (AvgIpc) is 2.32. The zero-order chi connectivity index (χ0) is 13.4. The minimum Gasteiger partial charge on any atom is -0.287 e. The molecule has 4 nitrogen and oxygen atoms in total. The van der Waals surface area contributed by atoms with Crippen molar-refractivity contribution in [1.29, 1.82) is 0 Å². The Morgan fingerprint density at radius 2 is 2.06 bits per heavy atom. The van der Waals surface area contributed by atoms with Crippen molar-refractivity contribution in [1.82, 2.24) is 0 Å². The maximum atomic E-state index is 12.3. The first kappa shape index (κ1) is 15.6. The van der Waals surface area contributed by atoms with E-state index in [4.69, 9.17) is 13.6 Å². The molecule has 0 amide bonds. The van der Waals surface area contributed by atoms with Gasteiger partial charge < -0.3 is 0 Å². The third-order valence-corrected chi connectivity index (χ3v) is 4.43. The van der Waals surface area contributed by atoms with E-state index in [0.29, 0.717) is 13.2 Å². The lowest BCUT2D eigenvalue weighted by Gasteiger charge is -2.29. The number of phosphoric ester groups is 1. The minimum absolute atomic E-state index is 0.128. The highest BCUT2D eigenvalue weighted by Gasteiger charge is 2.33. The van der Waals surface area contributed by atoms with Gasteiger partial charge in [0.1, 0.15) is 0 Å². The van der Waals surface area contributed by atoms with Crippen LogP contribution in [0.15, 0.2) is 24.8 Å². The van der Waals surface area contributed by atoms with Crippen molar-refractivity contribution in [3.8, 4) is 0 Å². The summed E-state index contributed by atoms with van der Waals surface area (Å²) in [4.78, 5) is 0. The molecule has 0 N–H and O–H groups in total. The van der Waals surface area contributed by atoms with E-state index in [0.717, 1.165) is 19.3 Å². The molecule has 2 atom stereocenters. The van der Waals surface area contributed by atoms with Gasteiger partial charge >= 0.3 is 7.82 Å². The van der Waals surface area contributed by atoms with Crippen LogP contribution in [0.4, 0.5) is 0 Å². The highest BCUT2D eigenvalue weighted by Crippen LogP contribution is 2.52. The lowest BCUT2D eigenvalue weighted by molar-refractivity contribution is 0.0590. The van der Waals surface area contributed by atoms with E-state index in [2.05, 4.69) is 18.7 Å². The van der Waals surface area contributed by atoms with Crippen LogP contribution in [0, 0.1) is 5.92 Å². The van der Waals surface area contributed by atoms with Crippen LogP contribution in [-0.4, -0.2) is 19.3 Å². The van der Waals surface area contributed by atoms with Gasteiger partial charge in [0.15, 0.2) is 0 Å². The number of allylic oxidation sites excluding steroid dienone is 2. The van der Waals surface area contributed by atoms with Crippen molar-refractivity contribution < 1.29 is 18.1 Å². The molecule has 0 aliphatic heterocycles. The molecule has 5 heteroatoms. The SMILES string of the molecule is C=CC[C@@H]1C=CCC[C@H]1OP(=O)(OCC)OCC. The maximum absolute atomic E-state index is 12.3. The lowest BCUT2D eigenvalue weighted by atomic mass is 9.90. The molecule has 0 bridgehead atoms. The van der Waals surface area contributed by atoms with Crippen LogP contribution in [0.3, 0.4) is 0 Å². The molecule has 104 valence electrons. The van der Waals surface area contributed by atoms with Gasteiger partial charge in [0.2, 0.25) is 0 Å². The first-order valence-electron chi connectivity index (χ1n) is 6.50. The normalized spacial score (nSPS) is 24.1. The maximum Gasteiger partial charge on any atom is 0.475 e. The summed E-state index contributed by atoms with van der Waals surface area (Å²) in [5.74, 6) is 0.200. The molecule has 1 aliphatic rings. The Hall–Kier alpha value is -0.410. The second-order valence-corrected chi connectivity index (χ2v) is 5.74. The fraction of sp³-hybridized carbons (Fsp3) is 0.692. The second-order valence-electron chi connectivity index (χ2n) is 4.12. The first-order chi connectivity index (χ1) is 8.65. The molecule has 18 heavy (non-hydrogen) atoms. The zero-order valence-corrected chi connectivity index (χ0v) is 12.1. The molecule has 0 unspecified atom stereocenters. The Kier molecular flexibility index (Phi) is 6.87. The Morgan fingerprint density at radius 3 is 2.61 bits per heavy atom. The number of rotatable bonds is 8. The van der Waals surface area contributed by atoms with E-state index < -0.39 is 7.82 Å². The number of hydrogen-bond acceptors (Lipinski definition) is 4. The smallest absolute Gasteiger partial charge is 0.287 e. The molecule has 0 saturated heterocycles. The Morgan fingerprint density at radius 1 is 1.39 bits per heavy atom. The summed E-state index contributed by atoms with van der Waals surface area (Å²) in [6.45, 7) is 7.91. The summed E-state index contributed by atoms with van der Waals surface area (Å²) in [5, 5.41) is 0. The summed E-state index contributed by atoms with van der Waals surface area (Å²) in [6.07, 6.45) is 8.51. The number of hydrogen-bond donors (Lipinski definition) is 0. The molecule has 1 aliphatic carbocycles. The first-order valence-corrected chi connectivity index (χ1v) is 7.96. The minimum atomic E-state index is -3.42. The molecule has 0 aromatic heterocycles. The van der Waals surface area contributed by atoms with E-state index in [1.54, 1.807) is 13.8 Å².